The van der Waals surface area contributed by atoms with Crippen molar-refractivity contribution in [2.24, 2.45) is 0 Å². The lowest BCUT2D eigenvalue weighted by atomic mass is 10.2. The maximum absolute atomic E-state index is 6.10. The summed E-state index contributed by atoms with van der Waals surface area (Å²) in [4.78, 5) is 4.51. The molecule has 4 aromatic carbocycles. The Labute approximate surface area is 177 Å². The van der Waals surface area contributed by atoms with Crippen LogP contribution in [0.4, 0.5) is 11.4 Å². The van der Waals surface area contributed by atoms with E-state index in [0.29, 0.717) is 0 Å². The number of hydrogen-bond acceptors (Lipinski definition) is 5. The van der Waals surface area contributed by atoms with Crippen LogP contribution in [0.2, 0.25) is 0 Å². The number of nitrogens with one attached hydrogen (secondary N) is 1. The molecule has 0 saturated carbocycles. The van der Waals surface area contributed by atoms with Gasteiger partial charge in [0, 0.05) is 17.4 Å². The molecule has 0 atom stereocenters. The zero-order valence-electron chi connectivity index (χ0n) is 15.2. The van der Waals surface area contributed by atoms with Crippen LogP contribution in [0.1, 0.15) is 0 Å². The summed E-state index contributed by atoms with van der Waals surface area (Å²) in [5.41, 5.74) is 2.01. The Kier molecular flexibility index (Phi) is 3.96. The van der Waals surface area contributed by atoms with Crippen LogP contribution in [-0.4, -0.2) is 0 Å². The fourth-order valence-electron chi connectivity index (χ4n) is 3.38. The van der Waals surface area contributed by atoms with Gasteiger partial charge in [-0.15, -0.1) is 0 Å². The molecule has 2 heterocycles. The van der Waals surface area contributed by atoms with Crippen LogP contribution in [0.3, 0.4) is 0 Å². The van der Waals surface area contributed by atoms with Crippen molar-refractivity contribution in [3.63, 3.8) is 0 Å². The van der Waals surface area contributed by atoms with Crippen LogP contribution in [0.25, 0.3) is 0 Å². The van der Waals surface area contributed by atoms with Crippen molar-refractivity contribution in [1.82, 2.24) is 0 Å². The van der Waals surface area contributed by atoms with Gasteiger partial charge in [0.2, 0.25) is 0 Å². The summed E-state index contributed by atoms with van der Waals surface area (Å²) in [7, 11) is 0. The third-order valence-electron chi connectivity index (χ3n) is 4.75. The fourth-order valence-corrected chi connectivity index (χ4v) is 5.30. The first-order valence-electron chi connectivity index (χ1n) is 9.26. The highest BCUT2D eigenvalue weighted by molar-refractivity contribution is 7.99. The van der Waals surface area contributed by atoms with Gasteiger partial charge in [0.25, 0.3) is 0 Å². The molecule has 5 heteroatoms. The molecule has 2 aliphatic heterocycles. The van der Waals surface area contributed by atoms with Crippen LogP contribution < -0.4 is 14.8 Å². The minimum absolute atomic E-state index is 0.878. The first kappa shape index (κ1) is 16.9. The molecule has 0 aromatic heterocycles. The van der Waals surface area contributed by atoms with Crippen molar-refractivity contribution in [3.05, 3.63) is 84.9 Å². The summed E-state index contributed by atoms with van der Waals surface area (Å²) in [5, 5.41) is 3.49. The molecule has 0 amide bonds. The average molecular weight is 414 g/mol. The van der Waals surface area contributed by atoms with E-state index in [9.17, 15) is 0 Å². The summed E-state index contributed by atoms with van der Waals surface area (Å²) in [5.74, 6) is 3.59. The molecule has 0 aliphatic carbocycles. The van der Waals surface area contributed by atoms with Gasteiger partial charge in [-0.3, -0.25) is 0 Å². The highest BCUT2D eigenvalue weighted by atomic mass is 32.2. The van der Waals surface area contributed by atoms with Crippen molar-refractivity contribution < 1.29 is 9.47 Å². The lowest BCUT2D eigenvalue weighted by molar-refractivity contribution is 0.454. The molecule has 3 nitrogen and oxygen atoms in total. The van der Waals surface area contributed by atoms with E-state index >= 15 is 0 Å². The summed E-state index contributed by atoms with van der Waals surface area (Å²) in [6, 6.07) is 28.6. The van der Waals surface area contributed by atoms with E-state index in [1.807, 2.05) is 48.5 Å². The minimum Gasteiger partial charge on any atom is -0.455 e. The smallest absolute Gasteiger partial charge is 0.143 e. The Morgan fingerprint density at radius 2 is 1.03 bits per heavy atom. The monoisotopic (exact) mass is 413 g/mol. The van der Waals surface area contributed by atoms with Gasteiger partial charge in [0.15, 0.2) is 0 Å². The van der Waals surface area contributed by atoms with Gasteiger partial charge >= 0.3 is 0 Å². The molecule has 2 aliphatic rings. The van der Waals surface area contributed by atoms with Crippen molar-refractivity contribution in [2.45, 2.75) is 19.6 Å². The van der Waals surface area contributed by atoms with E-state index < -0.39 is 0 Å². The molecule has 0 saturated heterocycles. The number of rotatable bonds is 2. The molecule has 6 rings (SSSR count). The lowest BCUT2D eigenvalue weighted by Crippen LogP contribution is -1.98. The quantitative estimate of drug-likeness (QED) is 0.311. The van der Waals surface area contributed by atoms with Gasteiger partial charge in [0.1, 0.15) is 23.0 Å². The minimum atomic E-state index is 0.878. The molecule has 0 bridgehead atoms. The zero-order valence-corrected chi connectivity index (χ0v) is 16.8. The van der Waals surface area contributed by atoms with Crippen LogP contribution >= 0.6 is 23.5 Å². The Morgan fingerprint density at radius 1 is 0.483 bits per heavy atom. The second-order valence-corrected chi connectivity index (χ2v) is 8.92. The highest BCUT2D eigenvalue weighted by Gasteiger charge is 2.19. The SMILES string of the molecule is c1ccc2c(c1)Oc1cc(Nc3ccc4c(c3)Sc3ccccc3O4)ccc1S2. The van der Waals surface area contributed by atoms with Gasteiger partial charge in [-0.05, 0) is 54.6 Å². The number of para-hydroxylation sites is 2. The van der Waals surface area contributed by atoms with Crippen LogP contribution in [0.5, 0.6) is 23.0 Å². The predicted molar refractivity (Wildman–Crippen MR) is 117 cm³/mol. The second kappa shape index (κ2) is 6.79. The van der Waals surface area contributed by atoms with Crippen molar-refractivity contribution >= 4 is 34.9 Å². The van der Waals surface area contributed by atoms with Gasteiger partial charge < -0.3 is 14.8 Å². The molecular formula is C24H15NO2S2. The zero-order chi connectivity index (χ0) is 19.2. The Hall–Kier alpha value is -3.02. The van der Waals surface area contributed by atoms with Gasteiger partial charge in [-0.2, -0.15) is 0 Å². The normalized spacial score (nSPS) is 13.1. The van der Waals surface area contributed by atoms with E-state index in [4.69, 9.17) is 9.47 Å². The summed E-state index contributed by atoms with van der Waals surface area (Å²) < 4.78 is 12.1. The first-order valence-corrected chi connectivity index (χ1v) is 10.9. The molecule has 4 aromatic rings. The van der Waals surface area contributed by atoms with E-state index in [-0.39, 0.29) is 0 Å². The van der Waals surface area contributed by atoms with Gasteiger partial charge in [0.05, 0.1) is 19.6 Å². The molecule has 1 N–H and O–H groups in total. The maximum Gasteiger partial charge on any atom is 0.143 e. The van der Waals surface area contributed by atoms with E-state index in [1.165, 1.54) is 0 Å². The van der Waals surface area contributed by atoms with E-state index in [2.05, 4.69) is 41.7 Å². The largest absolute Gasteiger partial charge is 0.455 e. The highest BCUT2D eigenvalue weighted by Crippen LogP contribution is 2.49. The summed E-state index contributed by atoms with van der Waals surface area (Å²) >= 11 is 3.47. The van der Waals surface area contributed by atoms with Gasteiger partial charge in [-0.1, -0.05) is 47.8 Å². The molecule has 0 fully saturated rings. The first-order chi connectivity index (χ1) is 14.3. The Morgan fingerprint density at radius 3 is 1.83 bits per heavy atom. The number of hydrogen-bond donors (Lipinski definition) is 1. The number of benzene rings is 4. The summed E-state index contributed by atoms with van der Waals surface area (Å²) in [6.07, 6.45) is 0. The predicted octanol–water partition coefficient (Wildman–Crippen LogP) is 7.94. The standard InChI is InChI=1S/C24H15NO2S2/c1-4-8-22-17(5-1)26-19-11-9-16(14-24(19)29-22)25-15-10-12-23-20(13-15)27-18-6-2-3-7-21(18)28-23/h1-14,25H. The van der Waals surface area contributed by atoms with E-state index in [1.54, 1.807) is 23.5 Å². The maximum atomic E-state index is 6.10. The fraction of sp³-hybridized carbons (Fsp3) is 0. The third-order valence-corrected chi connectivity index (χ3v) is 6.96. The molecular weight excluding hydrogens is 398 g/mol. The number of ether oxygens (including phenoxy) is 2. The molecule has 0 spiro atoms. The lowest BCUT2D eigenvalue weighted by Gasteiger charge is -2.21. The molecule has 140 valence electrons. The van der Waals surface area contributed by atoms with Crippen molar-refractivity contribution in [1.29, 1.82) is 0 Å². The second-order valence-electron chi connectivity index (χ2n) is 6.75. The van der Waals surface area contributed by atoms with Crippen LogP contribution in [-0.2, 0) is 0 Å². The van der Waals surface area contributed by atoms with Crippen LogP contribution in [0, 0.1) is 0 Å². The molecule has 0 radical (unpaired) electrons. The summed E-state index contributed by atoms with van der Waals surface area (Å²) in [6.45, 7) is 0. The Bertz CT molecular complexity index is 1160. The molecule has 29 heavy (non-hydrogen) atoms. The average Bonchev–Trinajstić information content (AvgIpc) is 2.76. The number of fused-ring (bicyclic) bond motifs is 4. The molecule has 0 unspecified atom stereocenters. The van der Waals surface area contributed by atoms with Crippen molar-refractivity contribution in [2.75, 3.05) is 5.32 Å². The third kappa shape index (κ3) is 3.12. The Balaban J connectivity index is 1.26. The van der Waals surface area contributed by atoms with Crippen molar-refractivity contribution in [3.8, 4) is 23.0 Å². The number of anilines is 2. The van der Waals surface area contributed by atoms with Gasteiger partial charge in [-0.25, -0.2) is 0 Å². The van der Waals surface area contributed by atoms with E-state index in [0.717, 1.165) is 54.0 Å². The topological polar surface area (TPSA) is 30.5 Å². The van der Waals surface area contributed by atoms with Crippen LogP contribution in [0.15, 0.2) is 105 Å².